The molecule has 0 radical (unpaired) electrons. The topological polar surface area (TPSA) is 43.8 Å². The van der Waals surface area contributed by atoms with Crippen LogP contribution >= 0.6 is 0 Å². The molecule has 0 aliphatic rings. The average molecular weight is 273 g/mol. The number of benzene rings is 1. The summed E-state index contributed by atoms with van der Waals surface area (Å²) in [6.45, 7) is 1.25. The number of rotatable bonds is 2. The van der Waals surface area contributed by atoms with Crippen LogP contribution in [0, 0.1) is 12.7 Å². The largest absolute Gasteiger partial charge is 0.433 e. The number of hydrogen-bond acceptors (Lipinski definition) is 2. The molecule has 1 aromatic carbocycles. The highest BCUT2D eigenvalue weighted by Crippen LogP contribution is 2.34. The predicted octanol–water partition coefficient (Wildman–Crippen LogP) is 2.80. The molecule has 0 unspecified atom stereocenters. The maximum Gasteiger partial charge on any atom is 0.433 e. The molecule has 3 nitrogen and oxygen atoms in total. The molecule has 0 saturated carbocycles. The minimum absolute atomic E-state index is 0.101. The van der Waals surface area contributed by atoms with Crippen molar-refractivity contribution < 1.29 is 17.6 Å². The first-order chi connectivity index (χ1) is 8.84. The first-order valence-corrected chi connectivity index (χ1v) is 5.45. The SMILES string of the molecule is Cc1cc(F)ccc1-n1ncc(CN)c1C(F)(F)F. The summed E-state index contributed by atoms with van der Waals surface area (Å²) in [6, 6.07) is 3.50. The zero-order valence-electron chi connectivity index (χ0n) is 10.0. The highest BCUT2D eigenvalue weighted by atomic mass is 19.4. The first-order valence-electron chi connectivity index (χ1n) is 5.45. The third-order valence-electron chi connectivity index (χ3n) is 2.72. The van der Waals surface area contributed by atoms with Crippen molar-refractivity contribution in [2.75, 3.05) is 0 Å². The van der Waals surface area contributed by atoms with Crippen molar-refractivity contribution in [3.63, 3.8) is 0 Å². The van der Waals surface area contributed by atoms with Gasteiger partial charge in [0.2, 0.25) is 0 Å². The van der Waals surface area contributed by atoms with Gasteiger partial charge in [0.25, 0.3) is 0 Å². The molecule has 19 heavy (non-hydrogen) atoms. The van der Waals surface area contributed by atoms with Crippen LogP contribution in [0.5, 0.6) is 0 Å². The number of halogens is 4. The lowest BCUT2D eigenvalue weighted by Gasteiger charge is -2.14. The van der Waals surface area contributed by atoms with Gasteiger partial charge in [-0.2, -0.15) is 18.3 Å². The monoisotopic (exact) mass is 273 g/mol. The molecule has 0 atom stereocenters. The Morgan fingerprint density at radius 2 is 2.00 bits per heavy atom. The second-order valence-electron chi connectivity index (χ2n) is 4.06. The van der Waals surface area contributed by atoms with Crippen molar-refractivity contribution in [1.82, 2.24) is 9.78 Å². The fraction of sp³-hybridized carbons (Fsp3) is 0.250. The Morgan fingerprint density at radius 3 is 2.53 bits per heavy atom. The van der Waals surface area contributed by atoms with Crippen molar-refractivity contribution in [3.05, 3.63) is 47.0 Å². The normalized spacial score (nSPS) is 11.9. The molecule has 0 bridgehead atoms. The average Bonchev–Trinajstić information content (AvgIpc) is 2.72. The Balaban J connectivity index is 2.66. The van der Waals surface area contributed by atoms with E-state index in [1.807, 2.05) is 0 Å². The number of aryl methyl sites for hydroxylation is 1. The van der Waals surface area contributed by atoms with E-state index in [2.05, 4.69) is 5.10 Å². The van der Waals surface area contributed by atoms with E-state index < -0.39 is 17.7 Å². The number of alkyl halides is 3. The quantitative estimate of drug-likeness (QED) is 0.855. The van der Waals surface area contributed by atoms with Crippen molar-refractivity contribution in [2.45, 2.75) is 19.6 Å². The molecule has 2 N–H and O–H groups in total. The van der Waals surface area contributed by atoms with Crippen LogP contribution in [-0.2, 0) is 12.7 Å². The molecule has 1 aromatic heterocycles. The molecule has 0 amide bonds. The predicted molar refractivity (Wildman–Crippen MR) is 61.2 cm³/mol. The van der Waals surface area contributed by atoms with Crippen LogP contribution < -0.4 is 5.73 Å². The molecule has 0 aliphatic carbocycles. The van der Waals surface area contributed by atoms with Crippen LogP contribution in [-0.4, -0.2) is 9.78 Å². The van der Waals surface area contributed by atoms with E-state index in [4.69, 9.17) is 5.73 Å². The molecular weight excluding hydrogens is 262 g/mol. The van der Waals surface area contributed by atoms with Gasteiger partial charge in [0.05, 0.1) is 11.9 Å². The Kier molecular flexibility index (Phi) is 3.32. The maximum atomic E-state index is 13.0. The Bertz CT molecular complexity index is 602. The van der Waals surface area contributed by atoms with Gasteiger partial charge in [-0.25, -0.2) is 9.07 Å². The standard InChI is InChI=1S/C12H11F4N3/c1-7-4-9(13)2-3-10(7)19-11(12(14,15)16)8(5-17)6-18-19/h2-4,6H,5,17H2,1H3. The highest BCUT2D eigenvalue weighted by Gasteiger charge is 2.38. The van der Waals surface area contributed by atoms with Gasteiger partial charge in [0.1, 0.15) is 5.82 Å². The summed E-state index contributed by atoms with van der Waals surface area (Å²) < 4.78 is 52.9. The highest BCUT2D eigenvalue weighted by molar-refractivity contribution is 5.42. The molecule has 0 fully saturated rings. The number of hydrogen-bond donors (Lipinski definition) is 1. The minimum Gasteiger partial charge on any atom is -0.326 e. The number of nitrogens with two attached hydrogens (primary N) is 1. The van der Waals surface area contributed by atoms with Gasteiger partial charge in [-0.15, -0.1) is 0 Å². The van der Waals surface area contributed by atoms with E-state index >= 15 is 0 Å². The van der Waals surface area contributed by atoms with Crippen LogP contribution in [0.3, 0.4) is 0 Å². The summed E-state index contributed by atoms with van der Waals surface area (Å²) in [4.78, 5) is 0. The molecule has 1 heterocycles. The van der Waals surface area contributed by atoms with E-state index in [-0.39, 0.29) is 17.8 Å². The van der Waals surface area contributed by atoms with Gasteiger partial charge in [0, 0.05) is 12.1 Å². The number of aromatic nitrogens is 2. The van der Waals surface area contributed by atoms with Crippen molar-refractivity contribution in [2.24, 2.45) is 5.73 Å². The Hall–Kier alpha value is -1.89. The smallest absolute Gasteiger partial charge is 0.326 e. The number of nitrogens with zero attached hydrogens (tertiary/aromatic N) is 2. The van der Waals surface area contributed by atoms with Crippen LogP contribution in [0.1, 0.15) is 16.8 Å². The van der Waals surface area contributed by atoms with Crippen molar-refractivity contribution in [3.8, 4) is 5.69 Å². The Morgan fingerprint density at radius 1 is 1.32 bits per heavy atom. The molecule has 0 spiro atoms. The molecule has 0 aliphatic heterocycles. The van der Waals surface area contributed by atoms with Gasteiger partial charge >= 0.3 is 6.18 Å². The van der Waals surface area contributed by atoms with E-state index in [1.165, 1.54) is 13.0 Å². The van der Waals surface area contributed by atoms with Gasteiger partial charge in [0.15, 0.2) is 5.69 Å². The molecule has 102 valence electrons. The van der Waals surface area contributed by atoms with E-state index in [0.29, 0.717) is 5.56 Å². The lowest BCUT2D eigenvalue weighted by Crippen LogP contribution is -2.17. The van der Waals surface area contributed by atoms with Crippen molar-refractivity contribution in [1.29, 1.82) is 0 Å². The van der Waals surface area contributed by atoms with Gasteiger partial charge in [-0.1, -0.05) is 0 Å². The third kappa shape index (κ3) is 2.46. The summed E-state index contributed by atoms with van der Waals surface area (Å²) in [7, 11) is 0. The molecule has 2 rings (SSSR count). The summed E-state index contributed by atoms with van der Waals surface area (Å²) in [5, 5.41) is 3.71. The van der Waals surface area contributed by atoms with E-state index in [0.717, 1.165) is 23.0 Å². The summed E-state index contributed by atoms with van der Waals surface area (Å²) in [5.41, 5.74) is 4.79. The van der Waals surface area contributed by atoms with E-state index in [1.54, 1.807) is 0 Å². The minimum atomic E-state index is -4.58. The molecular formula is C12H11F4N3. The van der Waals surface area contributed by atoms with Gasteiger partial charge < -0.3 is 5.73 Å². The summed E-state index contributed by atoms with van der Waals surface area (Å²) >= 11 is 0. The lowest BCUT2D eigenvalue weighted by atomic mass is 10.2. The zero-order chi connectivity index (χ0) is 14.2. The van der Waals surface area contributed by atoms with Gasteiger partial charge in [-0.3, -0.25) is 0 Å². The van der Waals surface area contributed by atoms with Crippen molar-refractivity contribution >= 4 is 0 Å². The van der Waals surface area contributed by atoms with Crippen LogP contribution in [0.4, 0.5) is 17.6 Å². The van der Waals surface area contributed by atoms with Crippen LogP contribution in [0.25, 0.3) is 5.69 Å². The van der Waals surface area contributed by atoms with Crippen LogP contribution in [0.2, 0.25) is 0 Å². The third-order valence-corrected chi connectivity index (χ3v) is 2.72. The van der Waals surface area contributed by atoms with Crippen LogP contribution in [0.15, 0.2) is 24.4 Å². The summed E-state index contributed by atoms with van der Waals surface area (Å²) in [5.74, 6) is -0.513. The second kappa shape index (κ2) is 4.65. The summed E-state index contributed by atoms with van der Waals surface area (Å²) in [6.07, 6.45) is -3.50. The maximum absolute atomic E-state index is 13.0. The fourth-order valence-electron chi connectivity index (χ4n) is 1.87. The van der Waals surface area contributed by atoms with Gasteiger partial charge in [-0.05, 0) is 30.7 Å². The second-order valence-corrected chi connectivity index (χ2v) is 4.06. The zero-order valence-corrected chi connectivity index (χ0v) is 10.0. The molecule has 7 heteroatoms. The van der Waals surface area contributed by atoms with E-state index in [9.17, 15) is 17.6 Å². The first kappa shape index (κ1) is 13.5. The Labute approximate surface area is 106 Å². The molecule has 0 saturated heterocycles. The fourth-order valence-corrected chi connectivity index (χ4v) is 1.87. The molecule has 2 aromatic rings. The lowest BCUT2D eigenvalue weighted by molar-refractivity contribution is -0.143.